The van der Waals surface area contributed by atoms with E-state index in [4.69, 9.17) is 0 Å². The van der Waals surface area contributed by atoms with Crippen LogP contribution >= 0.6 is 0 Å². The van der Waals surface area contributed by atoms with Crippen molar-refractivity contribution in [2.24, 2.45) is 4.99 Å². The summed E-state index contributed by atoms with van der Waals surface area (Å²) in [6.07, 6.45) is 2.30. The number of aliphatic imine (C=N–C) groups is 1. The molecule has 0 saturated carbocycles. The summed E-state index contributed by atoms with van der Waals surface area (Å²) < 4.78 is 0. The van der Waals surface area contributed by atoms with Gasteiger partial charge in [0.1, 0.15) is 0 Å². The van der Waals surface area contributed by atoms with E-state index < -0.39 is 0 Å². The van der Waals surface area contributed by atoms with Gasteiger partial charge in [-0.3, -0.25) is 9.89 Å². The first kappa shape index (κ1) is 20.7. The van der Waals surface area contributed by atoms with Gasteiger partial charge in [0.05, 0.1) is 0 Å². The summed E-state index contributed by atoms with van der Waals surface area (Å²) in [5.41, 5.74) is 1.55. The molecule has 2 unspecified atom stereocenters. The highest BCUT2D eigenvalue weighted by atomic mass is 15.2. The lowest BCUT2D eigenvalue weighted by Gasteiger charge is -2.38. The number of likely N-dealkylation sites (tertiary alicyclic amines) is 1. The molecule has 146 valence electrons. The Morgan fingerprint density at radius 3 is 2.54 bits per heavy atom. The second kappa shape index (κ2) is 9.93. The summed E-state index contributed by atoms with van der Waals surface area (Å²) in [6, 6.07) is 11.8. The number of piperidine rings is 1. The standard InChI is InChI=1S/C21H37N5/c1-17-15-19(11-14-26(17)16-18-9-7-6-8-10-18)25-20(22-5)23-12-13-24-21(2,3)4/h6-10,17,19,24H,11-16H2,1-5H3,(H2,22,23,25). The van der Waals surface area contributed by atoms with Crippen molar-refractivity contribution in [3.8, 4) is 0 Å². The maximum Gasteiger partial charge on any atom is 0.191 e. The Labute approximate surface area is 159 Å². The van der Waals surface area contributed by atoms with Crippen LogP contribution in [0, 0.1) is 0 Å². The maximum atomic E-state index is 4.38. The van der Waals surface area contributed by atoms with E-state index in [2.05, 4.69) is 83.9 Å². The van der Waals surface area contributed by atoms with E-state index in [1.807, 2.05) is 7.05 Å². The lowest BCUT2D eigenvalue weighted by molar-refractivity contribution is 0.134. The summed E-state index contributed by atoms with van der Waals surface area (Å²) in [6.45, 7) is 12.9. The number of hydrogen-bond acceptors (Lipinski definition) is 3. The minimum absolute atomic E-state index is 0.152. The van der Waals surface area contributed by atoms with Gasteiger partial charge < -0.3 is 16.0 Å². The zero-order valence-electron chi connectivity index (χ0n) is 17.2. The fourth-order valence-corrected chi connectivity index (χ4v) is 3.41. The Hall–Kier alpha value is -1.59. The van der Waals surface area contributed by atoms with Gasteiger partial charge in [-0.1, -0.05) is 30.3 Å². The van der Waals surface area contributed by atoms with E-state index in [1.54, 1.807) is 0 Å². The molecule has 1 fully saturated rings. The van der Waals surface area contributed by atoms with Crippen LogP contribution in [0.5, 0.6) is 0 Å². The SMILES string of the molecule is CN=C(NCCNC(C)(C)C)NC1CCN(Cc2ccccc2)C(C)C1. The highest BCUT2D eigenvalue weighted by Gasteiger charge is 2.25. The molecular formula is C21H37N5. The largest absolute Gasteiger partial charge is 0.355 e. The Kier molecular flexibility index (Phi) is 7.91. The highest BCUT2D eigenvalue weighted by molar-refractivity contribution is 5.79. The van der Waals surface area contributed by atoms with Gasteiger partial charge in [-0.15, -0.1) is 0 Å². The normalized spacial score (nSPS) is 22.3. The average Bonchev–Trinajstić information content (AvgIpc) is 2.60. The van der Waals surface area contributed by atoms with Crippen LogP contribution in [0.3, 0.4) is 0 Å². The number of hydrogen-bond donors (Lipinski definition) is 3. The fraction of sp³-hybridized carbons (Fsp3) is 0.667. The third kappa shape index (κ3) is 7.34. The second-order valence-corrected chi connectivity index (χ2v) is 8.35. The molecule has 1 aromatic rings. The Morgan fingerprint density at radius 2 is 1.92 bits per heavy atom. The quantitative estimate of drug-likeness (QED) is 0.415. The summed E-state index contributed by atoms with van der Waals surface area (Å²) in [5, 5.41) is 10.5. The van der Waals surface area contributed by atoms with Crippen molar-refractivity contribution in [1.82, 2.24) is 20.9 Å². The molecule has 0 radical (unpaired) electrons. The number of nitrogens with one attached hydrogen (secondary N) is 3. The van der Waals surface area contributed by atoms with Crippen molar-refractivity contribution in [3.05, 3.63) is 35.9 Å². The van der Waals surface area contributed by atoms with Crippen LogP contribution < -0.4 is 16.0 Å². The molecule has 3 N–H and O–H groups in total. The van der Waals surface area contributed by atoms with Crippen LogP contribution in [0.2, 0.25) is 0 Å². The first-order valence-corrected chi connectivity index (χ1v) is 9.87. The molecule has 1 aliphatic heterocycles. The maximum absolute atomic E-state index is 4.38. The molecule has 5 heteroatoms. The molecule has 1 aromatic carbocycles. The van der Waals surface area contributed by atoms with Crippen LogP contribution in [-0.4, -0.2) is 55.2 Å². The number of nitrogens with zero attached hydrogens (tertiary/aromatic N) is 2. The van der Waals surface area contributed by atoms with E-state index >= 15 is 0 Å². The minimum atomic E-state index is 0.152. The van der Waals surface area contributed by atoms with E-state index in [0.29, 0.717) is 12.1 Å². The van der Waals surface area contributed by atoms with E-state index in [1.165, 1.54) is 5.56 Å². The molecule has 0 aliphatic carbocycles. The van der Waals surface area contributed by atoms with Gasteiger partial charge in [-0.05, 0) is 46.1 Å². The van der Waals surface area contributed by atoms with Crippen molar-refractivity contribution < 1.29 is 0 Å². The summed E-state index contributed by atoms with van der Waals surface area (Å²) in [5.74, 6) is 0.911. The van der Waals surface area contributed by atoms with Crippen molar-refractivity contribution in [3.63, 3.8) is 0 Å². The number of rotatable bonds is 6. The summed E-state index contributed by atoms with van der Waals surface area (Å²) in [4.78, 5) is 6.96. The van der Waals surface area contributed by atoms with Gasteiger partial charge in [0.25, 0.3) is 0 Å². The predicted octanol–water partition coefficient (Wildman–Crippen LogP) is 2.59. The van der Waals surface area contributed by atoms with Crippen LogP contribution in [-0.2, 0) is 6.54 Å². The lowest BCUT2D eigenvalue weighted by atomic mass is 9.97. The molecule has 0 aromatic heterocycles. The van der Waals surface area contributed by atoms with Crippen molar-refractivity contribution in [2.75, 3.05) is 26.7 Å². The third-order valence-corrected chi connectivity index (χ3v) is 4.88. The smallest absolute Gasteiger partial charge is 0.191 e. The zero-order valence-corrected chi connectivity index (χ0v) is 17.2. The van der Waals surface area contributed by atoms with Crippen LogP contribution in [0.15, 0.2) is 35.3 Å². The first-order chi connectivity index (χ1) is 12.4. The molecular weight excluding hydrogens is 322 g/mol. The van der Waals surface area contributed by atoms with Gasteiger partial charge in [-0.25, -0.2) is 0 Å². The summed E-state index contributed by atoms with van der Waals surface area (Å²) >= 11 is 0. The molecule has 0 amide bonds. The van der Waals surface area contributed by atoms with Crippen LogP contribution in [0.4, 0.5) is 0 Å². The molecule has 1 heterocycles. The van der Waals surface area contributed by atoms with Crippen LogP contribution in [0.1, 0.15) is 46.1 Å². The topological polar surface area (TPSA) is 51.7 Å². The molecule has 1 aliphatic rings. The van der Waals surface area contributed by atoms with Crippen molar-refractivity contribution in [1.29, 1.82) is 0 Å². The first-order valence-electron chi connectivity index (χ1n) is 9.87. The van der Waals surface area contributed by atoms with Gasteiger partial charge >= 0.3 is 0 Å². The fourth-order valence-electron chi connectivity index (χ4n) is 3.41. The number of guanidine groups is 1. The van der Waals surface area contributed by atoms with Crippen molar-refractivity contribution in [2.45, 2.75) is 64.7 Å². The summed E-state index contributed by atoms with van der Waals surface area (Å²) in [7, 11) is 1.85. The monoisotopic (exact) mass is 359 g/mol. The molecule has 26 heavy (non-hydrogen) atoms. The minimum Gasteiger partial charge on any atom is -0.355 e. The van der Waals surface area contributed by atoms with Gasteiger partial charge in [0.2, 0.25) is 0 Å². The van der Waals surface area contributed by atoms with Gasteiger partial charge in [0, 0.05) is 50.8 Å². The molecule has 0 bridgehead atoms. The van der Waals surface area contributed by atoms with Gasteiger partial charge in [0.15, 0.2) is 5.96 Å². The predicted molar refractivity (Wildman–Crippen MR) is 112 cm³/mol. The van der Waals surface area contributed by atoms with Gasteiger partial charge in [-0.2, -0.15) is 0 Å². The Balaban J connectivity index is 1.73. The Morgan fingerprint density at radius 1 is 1.19 bits per heavy atom. The molecule has 0 spiro atoms. The van der Waals surface area contributed by atoms with E-state index in [-0.39, 0.29) is 5.54 Å². The lowest BCUT2D eigenvalue weighted by Crippen LogP contribution is -2.52. The molecule has 2 rings (SSSR count). The molecule has 2 atom stereocenters. The van der Waals surface area contributed by atoms with E-state index in [9.17, 15) is 0 Å². The van der Waals surface area contributed by atoms with Crippen LogP contribution in [0.25, 0.3) is 0 Å². The zero-order chi connectivity index (χ0) is 19.0. The number of benzene rings is 1. The Bertz CT molecular complexity index is 549. The molecule has 1 saturated heterocycles. The molecule has 5 nitrogen and oxygen atoms in total. The van der Waals surface area contributed by atoms with Crippen molar-refractivity contribution >= 4 is 5.96 Å². The van der Waals surface area contributed by atoms with E-state index in [0.717, 1.165) is 45.0 Å². The third-order valence-electron chi connectivity index (χ3n) is 4.88. The average molecular weight is 360 g/mol. The second-order valence-electron chi connectivity index (χ2n) is 8.35. The highest BCUT2D eigenvalue weighted by Crippen LogP contribution is 2.19.